The van der Waals surface area contributed by atoms with Crippen LogP contribution in [0.2, 0.25) is 0 Å². The number of thioether (sulfide) groups is 1. The van der Waals surface area contributed by atoms with Crippen molar-refractivity contribution in [3.05, 3.63) is 59.7 Å². The van der Waals surface area contributed by atoms with E-state index in [1.165, 1.54) is 28.7 Å². The molecule has 7 heteroatoms. The molecule has 2 aromatic carbocycles. The lowest BCUT2D eigenvalue weighted by atomic mass is 9.87. The van der Waals surface area contributed by atoms with E-state index in [2.05, 4.69) is 53.7 Å². The summed E-state index contributed by atoms with van der Waals surface area (Å²) in [5.74, 6) is 0.233. The summed E-state index contributed by atoms with van der Waals surface area (Å²) in [7, 11) is 0. The van der Waals surface area contributed by atoms with Crippen LogP contribution >= 0.6 is 23.1 Å². The van der Waals surface area contributed by atoms with Gasteiger partial charge in [-0.05, 0) is 41.7 Å². The normalized spacial score (nSPS) is 11.3. The zero-order chi connectivity index (χ0) is 20.1. The lowest BCUT2D eigenvalue weighted by Crippen LogP contribution is -2.15. The average molecular weight is 413 g/mol. The van der Waals surface area contributed by atoms with Gasteiger partial charge in [0.15, 0.2) is 4.34 Å². The molecule has 0 saturated carbocycles. The molecule has 1 heterocycles. The summed E-state index contributed by atoms with van der Waals surface area (Å²) in [4.78, 5) is 12.2. The number of benzene rings is 2. The third kappa shape index (κ3) is 5.56. The number of carbonyl (C=O) groups excluding carboxylic acids is 1. The Morgan fingerprint density at radius 3 is 2.46 bits per heavy atom. The molecule has 3 aromatic rings. The molecule has 0 fully saturated rings. The van der Waals surface area contributed by atoms with Gasteiger partial charge >= 0.3 is 0 Å². The molecule has 0 aliphatic carbocycles. The molecule has 0 radical (unpaired) electrons. The van der Waals surface area contributed by atoms with Crippen molar-refractivity contribution >= 4 is 45.5 Å². The van der Waals surface area contributed by atoms with Crippen molar-refractivity contribution < 1.29 is 4.79 Å². The van der Waals surface area contributed by atoms with Gasteiger partial charge in [0.05, 0.1) is 5.75 Å². The standard InChI is InChI=1S/C21H24N4OS2/c1-14-7-5-6-8-17(14)23-19-24-25-20(28-19)27-13-18(26)22-16-11-9-15(10-12-16)21(2,3)4/h5-12H,13H2,1-4H3,(H,22,26)(H,23,24). The molecule has 0 aliphatic rings. The number of anilines is 3. The van der Waals surface area contributed by atoms with E-state index >= 15 is 0 Å². The van der Waals surface area contributed by atoms with E-state index in [0.717, 1.165) is 26.4 Å². The summed E-state index contributed by atoms with van der Waals surface area (Å²) < 4.78 is 0.759. The molecule has 0 aliphatic heterocycles. The van der Waals surface area contributed by atoms with Gasteiger partial charge in [0.25, 0.3) is 0 Å². The number of nitrogens with zero attached hydrogens (tertiary/aromatic N) is 2. The summed E-state index contributed by atoms with van der Waals surface area (Å²) in [6.07, 6.45) is 0. The second-order valence-corrected chi connectivity index (χ2v) is 9.68. The van der Waals surface area contributed by atoms with Gasteiger partial charge in [-0.3, -0.25) is 4.79 Å². The predicted molar refractivity (Wildman–Crippen MR) is 119 cm³/mol. The van der Waals surface area contributed by atoms with E-state index in [1.54, 1.807) is 0 Å². The molecule has 0 atom stereocenters. The maximum Gasteiger partial charge on any atom is 0.234 e. The Labute approximate surface area is 174 Å². The van der Waals surface area contributed by atoms with E-state index in [1.807, 2.05) is 43.3 Å². The minimum Gasteiger partial charge on any atom is -0.330 e. The van der Waals surface area contributed by atoms with Crippen LogP contribution in [-0.4, -0.2) is 21.9 Å². The zero-order valence-electron chi connectivity index (χ0n) is 16.4. The molecule has 146 valence electrons. The van der Waals surface area contributed by atoms with E-state index in [0.29, 0.717) is 5.75 Å². The number of rotatable bonds is 6. The van der Waals surface area contributed by atoms with Gasteiger partial charge in [-0.25, -0.2) is 0 Å². The molecule has 0 saturated heterocycles. The molecule has 28 heavy (non-hydrogen) atoms. The number of carbonyl (C=O) groups is 1. The van der Waals surface area contributed by atoms with Crippen LogP contribution in [0.5, 0.6) is 0 Å². The van der Waals surface area contributed by atoms with Crippen molar-refractivity contribution in [3.8, 4) is 0 Å². The second kappa shape index (κ2) is 8.75. The predicted octanol–water partition coefficient (Wildman–Crippen LogP) is 5.62. The van der Waals surface area contributed by atoms with Crippen LogP contribution in [0.15, 0.2) is 52.9 Å². The number of aromatic nitrogens is 2. The van der Waals surface area contributed by atoms with Gasteiger partial charge in [0.1, 0.15) is 0 Å². The molecule has 3 rings (SSSR count). The highest BCUT2D eigenvalue weighted by Crippen LogP contribution is 2.29. The number of nitrogens with one attached hydrogen (secondary N) is 2. The van der Waals surface area contributed by atoms with Crippen molar-refractivity contribution in [3.63, 3.8) is 0 Å². The summed E-state index contributed by atoms with van der Waals surface area (Å²) in [6.45, 7) is 8.54. The van der Waals surface area contributed by atoms with E-state index in [9.17, 15) is 4.79 Å². The van der Waals surface area contributed by atoms with Crippen molar-refractivity contribution in [2.24, 2.45) is 0 Å². The highest BCUT2D eigenvalue weighted by atomic mass is 32.2. The number of amides is 1. The molecule has 0 unspecified atom stereocenters. The van der Waals surface area contributed by atoms with E-state index in [4.69, 9.17) is 0 Å². The quantitative estimate of drug-likeness (QED) is 0.515. The molecular formula is C21H24N4OS2. The highest BCUT2D eigenvalue weighted by molar-refractivity contribution is 8.01. The van der Waals surface area contributed by atoms with Gasteiger partial charge in [-0.1, -0.05) is 74.2 Å². The molecular weight excluding hydrogens is 388 g/mol. The first-order valence-electron chi connectivity index (χ1n) is 9.00. The molecule has 2 N–H and O–H groups in total. The van der Waals surface area contributed by atoms with E-state index < -0.39 is 0 Å². The van der Waals surface area contributed by atoms with Crippen LogP contribution in [0.1, 0.15) is 31.9 Å². The first kappa shape index (κ1) is 20.4. The molecule has 1 aromatic heterocycles. The van der Waals surface area contributed by atoms with Crippen LogP contribution in [0.25, 0.3) is 0 Å². The summed E-state index contributed by atoms with van der Waals surface area (Å²) in [5.41, 5.74) is 4.29. The van der Waals surface area contributed by atoms with Crippen LogP contribution in [0, 0.1) is 6.92 Å². The topological polar surface area (TPSA) is 66.9 Å². The fourth-order valence-corrected chi connectivity index (χ4v) is 4.09. The first-order chi connectivity index (χ1) is 13.3. The van der Waals surface area contributed by atoms with Crippen molar-refractivity contribution in [2.45, 2.75) is 37.4 Å². The SMILES string of the molecule is Cc1ccccc1Nc1nnc(SCC(=O)Nc2ccc(C(C)(C)C)cc2)s1. The third-order valence-corrected chi connectivity index (χ3v) is 6.13. The lowest BCUT2D eigenvalue weighted by Gasteiger charge is -2.19. The first-order valence-corrected chi connectivity index (χ1v) is 10.8. The van der Waals surface area contributed by atoms with Gasteiger partial charge in [0.2, 0.25) is 11.0 Å². The van der Waals surface area contributed by atoms with Crippen molar-refractivity contribution in [1.82, 2.24) is 10.2 Å². The van der Waals surface area contributed by atoms with Crippen LogP contribution in [0.3, 0.4) is 0 Å². The Balaban J connectivity index is 1.51. The van der Waals surface area contributed by atoms with Gasteiger partial charge in [-0.15, -0.1) is 10.2 Å². The Bertz CT molecular complexity index is 946. The third-order valence-electron chi connectivity index (χ3n) is 4.15. The van der Waals surface area contributed by atoms with Crippen molar-refractivity contribution in [1.29, 1.82) is 0 Å². The van der Waals surface area contributed by atoms with Gasteiger partial charge < -0.3 is 10.6 Å². The molecule has 1 amide bonds. The van der Waals surface area contributed by atoms with Crippen LogP contribution < -0.4 is 10.6 Å². The van der Waals surface area contributed by atoms with E-state index in [-0.39, 0.29) is 11.3 Å². The Kier molecular flexibility index (Phi) is 6.36. The molecule has 0 spiro atoms. The number of hydrogen-bond donors (Lipinski definition) is 2. The van der Waals surface area contributed by atoms with Crippen LogP contribution in [-0.2, 0) is 10.2 Å². The largest absolute Gasteiger partial charge is 0.330 e. The number of para-hydroxylation sites is 1. The number of hydrogen-bond acceptors (Lipinski definition) is 6. The molecule has 5 nitrogen and oxygen atoms in total. The fourth-order valence-electron chi connectivity index (χ4n) is 2.52. The minimum absolute atomic E-state index is 0.0582. The van der Waals surface area contributed by atoms with Crippen molar-refractivity contribution in [2.75, 3.05) is 16.4 Å². The Hall–Kier alpha value is -2.38. The summed E-state index contributed by atoms with van der Waals surface area (Å²) >= 11 is 2.82. The lowest BCUT2D eigenvalue weighted by molar-refractivity contribution is -0.113. The molecule has 0 bridgehead atoms. The van der Waals surface area contributed by atoms with Gasteiger partial charge in [0, 0.05) is 11.4 Å². The Morgan fingerprint density at radius 1 is 1.07 bits per heavy atom. The second-order valence-electron chi connectivity index (χ2n) is 7.48. The average Bonchev–Trinajstić information content (AvgIpc) is 3.09. The number of aryl methyl sites for hydroxylation is 1. The fraction of sp³-hybridized carbons (Fsp3) is 0.286. The Morgan fingerprint density at radius 2 is 1.79 bits per heavy atom. The minimum atomic E-state index is -0.0582. The maximum absolute atomic E-state index is 12.2. The summed E-state index contributed by atoms with van der Waals surface area (Å²) in [5, 5.41) is 15.2. The van der Waals surface area contributed by atoms with Gasteiger partial charge in [-0.2, -0.15) is 0 Å². The highest BCUT2D eigenvalue weighted by Gasteiger charge is 2.13. The maximum atomic E-state index is 12.2. The zero-order valence-corrected chi connectivity index (χ0v) is 18.1. The monoisotopic (exact) mass is 412 g/mol. The summed E-state index contributed by atoms with van der Waals surface area (Å²) in [6, 6.07) is 16.0. The smallest absolute Gasteiger partial charge is 0.234 e. The van der Waals surface area contributed by atoms with Crippen LogP contribution in [0.4, 0.5) is 16.5 Å².